The Morgan fingerprint density at radius 3 is 3.11 bits per heavy atom. The lowest BCUT2D eigenvalue weighted by atomic mass is 10.1. The molecule has 2 aromatic rings. The van der Waals surface area contributed by atoms with Crippen LogP contribution >= 0.6 is 27.3 Å². The number of carbonyl (C=O) groups excluding carboxylic acids is 1. The van der Waals surface area contributed by atoms with Crippen molar-refractivity contribution in [2.75, 3.05) is 11.9 Å². The summed E-state index contributed by atoms with van der Waals surface area (Å²) in [6.07, 6.45) is 1.22. The van der Waals surface area contributed by atoms with Crippen LogP contribution < -0.4 is 11.1 Å². The molecule has 0 unspecified atom stereocenters. The Morgan fingerprint density at radius 1 is 1.47 bits per heavy atom. The molecule has 1 aliphatic heterocycles. The normalized spacial score (nSPS) is 13.5. The van der Waals surface area contributed by atoms with E-state index in [9.17, 15) is 4.79 Å². The number of benzene rings is 1. The fourth-order valence-electron chi connectivity index (χ4n) is 2.11. The lowest BCUT2D eigenvalue weighted by molar-refractivity contribution is -0.115. The van der Waals surface area contributed by atoms with Gasteiger partial charge in [-0.15, -0.1) is 11.3 Å². The minimum Gasteiger partial charge on any atom is -0.330 e. The Morgan fingerprint density at radius 2 is 2.32 bits per heavy atom. The SMILES string of the molecule is NCCc1nc(-c2ccc3c(c2)CC(=O)N3)sc1Br. The molecule has 0 fully saturated rings. The van der Waals surface area contributed by atoms with Crippen molar-refractivity contribution in [1.82, 2.24) is 4.98 Å². The lowest BCUT2D eigenvalue weighted by Gasteiger charge is -2.00. The summed E-state index contributed by atoms with van der Waals surface area (Å²) in [4.78, 5) is 15.9. The van der Waals surface area contributed by atoms with Crippen molar-refractivity contribution in [2.24, 2.45) is 5.73 Å². The Labute approximate surface area is 123 Å². The highest BCUT2D eigenvalue weighted by atomic mass is 79.9. The van der Waals surface area contributed by atoms with E-state index in [0.29, 0.717) is 13.0 Å². The highest BCUT2D eigenvalue weighted by molar-refractivity contribution is 9.11. The standard InChI is InChI=1S/C13H12BrN3OS/c14-12-10(3-4-15)17-13(19-12)7-1-2-9-8(5-7)6-11(18)16-9/h1-2,5H,3-4,6,15H2,(H,16,18). The summed E-state index contributed by atoms with van der Waals surface area (Å²) in [6.45, 7) is 0.588. The molecule has 3 rings (SSSR count). The molecular formula is C13H12BrN3OS. The van der Waals surface area contributed by atoms with Gasteiger partial charge in [0.2, 0.25) is 5.91 Å². The van der Waals surface area contributed by atoms with Crippen molar-refractivity contribution >= 4 is 38.9 Å². The van der Waals surface area contributed by atoms with Crippen LogP contribution in [0.25, 0.3) is 10.6 Å². The van der Waals surface area contributed by atoms with Gasteiger partial charge in [-0.3, -0.25) is 4.79 Å². The molecule has 6 heteroatoms. The quantitative estimate of drug-likeness (QED) is 0.904. The number of carbonyl (C=O) groups is 1. The average molecular weight is 338 g/mol. The Hall–Kier alpha value is -1.24. The first kappa shape index (κ1) is 12.8. The summed E-state index contributed by atoms with van der Waals surface area (Å²) >= 11 is 5.12. The van der Waals surface area contributed by atoms with Gasteiger partial charge in [0.05, 0.1) is 15.9 Å². The first-order valence-electron chi connectivity index (χ1n) is 5.96. The van der Waals surface area contributed by atoms with E-state index in [1.165, 1.54) is 0 Å². The summed E-state index contributed by atoms with van der Waals surface area (Å²) in [6, 6.07) is 5.96. The summed E-state index contributed by atoms with van der Waals surface area (Å²) in [7, 11) is 0. The molecule has 0 aliphatic carbocycles. The molecule has 0 bridgehead atoms. The minimum atomic E-state index is 0.0521. The Balaban J connectivity index is 1.97. The number of nitrogens with two attached hydrogens (primary N) is 1. The molecule has 0 saturated carbocycles. The molecule has 4 nitrogen and oxygen atoms in total. The maximum absolute atomic E-state index is 11.3. The Kier molecular flexibility index (Phi) is 3.38. The predicted octanol–water partition coefficient (Wildman–Crippen LogP) is 2.57. The number of thiazole rings is 1. The summed E-state index contributed by atoms with van der Waals surface area (Å²) in [5, 5.41) is 3.79. The van der Waals surface area contributed by atoms with Crippen LogP contribution in [0, 0.1) is 0 Å². The molecule has 2 heterocycles. The number of anilines is 1. The highest BCUT2D eigenvalue weighted by Gasteiger charge is 2.19. The maximum Gasteiger partial charge on any atom is 0.228 e. The van der Waals surface area contributed by atoms with E-state index in [1.54, 1.807) is 11.3 Å². The molecule has 1 amide bonds. The first-order valence-corrected chi connectivity index (χ1v) is 7.57. The third-order valence-corrected chi connectivity index (χ3v) is 4.89. The van der Waals surface area contributed by atoms with E-state index in [1.807, 2.05) is 18.2 Å². The predicted molar refractivity (Wildman–Crippen MR) is 80.3 cm³/mol. The van der Waals surface area contributed by atoms with Gasteiger partial charge in [-0.1, -0.05) is 0 Å². The number of hydrogen-bond acceptors (Lipinski definition) is 4. The number of fused-ring (bicyclic) bond motifs is 1. The van der Waals surface area contributed by atoms with Crippen LogP contribution in [0.1, 0.15) is 11.3 Å². The van der Waals surface area contributed by atoms with E-state index in [2.05, 4.69) is 26.2 Å². The van der Waals surface area contributed by atoms with Crippen molar-refractivity contribution in [2.45, 2.75) is 12.8 Å². The number of aromatic nitrogens is 1. The van der Waals surface area contributed by atoms with Crippen LogP contribution in [-0.2, 0) is 17.6 Å². The summed E-state index contributed by atoms with van der Waals surface area (Å²) < 4.78 is 1.03. The number of halogens is 1. The van der Waals surface area contributed by atoms with Gasteiger partial charge in [-0.05, 0) is 46.2 Å². The van der Waals surface area contributed by atoms with Crippen LogP contribution in [0.2, 0.25) is 0 Å². The molecule has 0 saturated heterocycles. The maximum atomic E-state index is 11.3. The average Bonchev–Trinajstić information content (AvgIpc) is 2.91. The van der Waals surface area contributed by atoms with Gasteiger partial charge in [-0.2, -0.15) is 0 Å². The zero-order valence-electron chi connectivity index (χ0n) is 10.1. The van der Waals surface area contributed by atoms with Crippen molar-refractivity contribution in [1.29, 1.82) is 0 Å². The van der Waals surface area contributed by atoms with Gasteiger partial charge < -0.3 is 11.1 Å². The van der Waals surface area contributed by atoms with E-state index in [4.69, 9.17) is 5.73 Å². The monoisotopic (exact) mass is 337 g/mol. The number of hydrogen-bond donors (Lipinski definition) is 2. The topological polar surface area (TPSA) is 68.0 Å². The van der Waals surface area contributed by atoms with Crippen molar-refractivity contribution in [3.8, 4) is 10.6 Å². The van der Waals surface area contributed by atoms with Crippen LogP contribution in [0.15, 0.2) is 22.0 Å². The molecule has 1 aliphatic rings. The van der Waals surface area contributed by atoms with Crippen molar-refractivity contribution in [3.05, 3.63) is 33.2 Å². The summed E-state index contributed by atoms with van der Waals surface area (Å²) in [5.74, 6) is 0.0521. The second-order valence-corrected chi connectivity index (χ2v) is 6.69. The van der Waals surface area contributed by atoms with Gasteiger partial charge in [-0.25, -0.2) is 4.98 Å². The largest absolute Gasteiger partial charge is 0.330 e. The fraction of sp³-hybridized carbons (Fsp3) is 0.231. The zero-order valence-corrected chi connectivity index (χ0v) is 12.5. The Bertz CT molecular complexity index is 653. The first-order chi connectivity index (χ1) is 9.17. The van der Waals surface area contributed by atoms with Gasteiger partial charge >= 0.3 is 0 Å². The number of nitrogens with one attached hydrogen (secondary N) is 1. The van der Waals surface area contributed by atoms with E-state index >= 15 is 0 Å². The van der Waals surface area contributed by atoms with Crippen LogP contribution in [0.3, 0.4) is 0 Å². The van der Waals surface area contributed by atoms with E-state index in [0.717, 1.165) is 37.7 Å². The zero-order chi connectivity index (χ0) is 13.4. The molecular weight excluding hydrogens is 326 g/mol. The van der Waals surface area contributed by atoms with E-state index in [-0.39, 0.29) is 5.91 Å². The van der Waals surface area contributed by atoms with Crippen LogP contribution in [-0.4, -0.2) is 17.4 Å². The molecule has 0 atom stereocenters. The molecule has 3 N–H and O–H groups in total. The van der Waals surface area contributed by atoms with Gasteiger partial charge in [0.1, 0.15) is 5.01 Å². The van der Waals surface area contributed by atoms with Gasteiger partial charge in [0.15, 0.2) is 0 Å². The smallest absolute Gasteiger partial charge is 0.228 e. The number of amides is 1. The second-order valence-electron chi connectivity index (χ2n) is 4.37. The van der Waals surface area contributed by atoms with Crippen molar-refractivity contribution < 1.29 is 4.79 Å². The van der Waals surface area contributed by atoms with E-state index < -0.39 is 0 Å². The molecule has 1 aromatic carbocycles. The molecule has 98 valence electrons. The molecule has 0 spiro atoms. The third kappa shape index (κ3) is 2.43. The molecule has 1 aromatic heterocycles. The summed E-state index contributed by atoms with van der Waals surface area (Å²) in [5.41, 5.74) is 9.55. The number of rotatable bonds is 3. The highest BCUT2D eigenvalue weighted by Crippen LogP contribution is 2.35. The van der Waals surface area contributed by atoms with Gasteiger partial charge in [0.25, 0.3) is 0 Å². The third-order valence-electron chi connectivity index (χ3n) is 3.01. The second kappa shape index (κ2) is 5.03. The minimum absolute atomic E-state index is 0.0521. The van der Waals surface area contributed by atoms with Gasteiger partial charge in [0, 0.05) is 17.7 Å². The molecule has 0 radical (unpaired) electrons. The van der Waals surface area contributed by atoms with Crippen LogP contribution in [0.4, 0.5) is 5.69 Å². The fourth-order valence-corrected chi connectivity index (χ4v) is 3.69. The number of nitrogens with zero attached hydrogens (tertiary/aromatic N) is 1. The van der Waals surface area contributed by atoms with Crippen LogP contribution in [0.5, 0.6) is 0 Å². The molecule has 19 heavy (non-hydrogen) atoms. The lowest BCUT2D eigenvalue weighted by Crippen LogP contribution is -2.03. The van der Waals surface area contributed by atoms with Crippen molar-refractivity contribution in [3.63, 3.8) is 0 Å².